The van der Waals surface area contributed by atoms with Crippen LogP contribution in [0.1, 0.15) is 30.5 Å². The molecule has 0 fully saturated rings. The molecule has 1 amide bonds. The van der Waals surface area contributed by atoms with Crippen LogP contribution in [0, 0.1) is 16.0 Å². The van der Waals surface area contributed by atoms with E-state index in [4.69, 9.17) is 4.74 Å². The third-order valence-corrected chi connectivity index (χ3v) is 5.91. The number of nitro groups is 1. The van der Waals surface area contributed by atoms with Crippen molar-refractivity contribution in [2.75, 3.05) is 11.4 Å². The fourth-order valence-corrected chi connectivity index (χ4v) is 4.32. The first-order chi connectivity index (χ1) is 15.8. The molecule has 1 aliphatic heterocycles. The van der Waals surface area contributed by atoms with Crippen molar-refractivity contribution >= 4 is 44.9 Å². The number of non-ortho nitro benzene ring substituents is 1. The zero-order valence-electron chi connectivity index (χ0n) is 18.3. The molecule has 0 N–H and O–H groups in total. The van der Waals surface area contributed by atoms with Crippen molar-refractivity contribution < 1.29 is 14.5 Å². The highest BCUT2D eigenvalue weighted by atomic mass is 79.9. The number of halogens is 1. The van der Waals surface area contributed by atoms with Gasteiger partial charge in [0, 0.05) is 29.8 Å². The number of rotatable bonds is 7. The van der Waals surface area contributed by atoms with Crippen LogP contribution in [0.5, 0.6) is 5.75 Å². The smallest absolute Gasteiger partial charge is 0.269 e. The molecule has 0 unspecified atom stereocenters. The lowest BCUT2D eigenvalue weighted by molar-refractivity contribution is -0.384. The van der Waals surface area contributed by atoms with Gasteiger partial charge >= 0.3 is 0 Å². The molecule has 0 bridgehead atoms. The normalized spacial score (nSPS) is 14.1. The molecule has 3 aromatic rings. The summed E-state index contributed by atoms with van der Waals surface area (Å²) in [6, 6.07) is 19.8. The van der Waals surface area contributed by atoms with E-state index in [-0.39, 0.29) is 18.2 Å². The Labute approximate surface area is 200 Å². The van der Waals surface area contributed by atoms with Crippen LogP contribution in [0.4, 0.5) is 11.4 Å². The van der Waals surface area contributed by atoms with Gasteiger partial charge in [-0.25, -0.2) is 0 Å². The second kappa shape index (κ2) is 9.58. The first-order valence-electron chi connectivity index (χ1n) is 10.6. The topological polar surface area (TPSA) is 72.7 Å². The van der Waals surface area contributed by atoms with E-state index < -0.39 is 4.92 Å². The van der Waals surface area contributed by atoms with Crippen molar-refractivity contribution in [2.45, 2.75) is 20.5 Å². The van der Waals surface area contributed by atoms with Gasteiger partial charge < -0.3 is 9.64 Å². The number of fused-ring (bicyclic) bond motifs is 1. The zero-order chi connectivity index (χ0) is 23.5. The summed E-state index contributed by atoms with van der Waals surface area (Å²) in [5, 5.41) is 11.0. The molecule has 0 aliphatic carbocycles. The molecule has 0 atom stereocenters. The van der Waals surface area contributed by atoms with Gasteiger partial charge in [-0.3, -0.25) is 14.9 Å². The molecule has 0 saturated carbocycles. The van der Waals surface area contributed by atoms with E-state index >= 15 is 0 Å². The Morgan fingerprint density at radius 3 is 2.61 bits per heavy atom. The average Bonchev–Trinajstić information content (AvgIpc) is 3.04. The Bertz CT molecular complexity index is 1250. The van der Waals surface area contributed by atoms with Crippen molar-refractivity contribution in [2.24, 2.45) is 5.92 Å². The van der Waals surface area contributed by atoms with E-state index in [2.05, 4.69) is 29.8 Å². The Balaban J connectivity index is 1.55. The first-order valence-corrected chi connectivity index (χ1v) is 11.4. The summed E-state index contributed by atoms with van der Waals surface area (Å²) in [7, 11) is 0. The number of amides is 1. The van der Waals surface area contributed by atoms with Crippen LogP contribution in [0.3, 0.4) is 0 Å². The molecule has 4 rings (SSSR count). The molecule has 0 aromatic heterocycles. The predicted octanol–water partition coefficient (Wildman–Crippen LogP) is 6.48. The maximum absolute atomic E-state index is 13.2. The van der Waals surface area contributed by atoms with Gasteiger partial charge in [0.2, 0.25) is 0 Å². The van der Waals surface area contributed by atoms with Crippen LogP contribution >= 0.6 is 15.9 Å². The minimum Gasteiger partial charge on any atom is -0.488 e. The van der Waals surface area contributed by atoms with Crippen LogP contribution in [-0.2, 0) is 11.4 Å². The Kier molecular flexibility index (Phi) is 6.60. The number of carbonyl (C=O) groups is 1. The average molecular weight is 507 g/mol. The number of hydrogen-bond acceptors (Lipinski definition) is 4. The standard InChI is InChI=1S/C26H23BrN2O4/c1-17(2)15-28-24-9-4-3-8-21(24)22(26(28)30)13-18-10-11-25(23(27)14-18)33-16-19-6-5-7-20(12-19)29(31)32/h3-14,17H,15-16H2,1-2H3/b22-13-. The Morgan fingerprint density at radius 2 is 1.88 bits per heavy atom. The Hall–Kier alpha value is -3.45. The number of anilines is 1. The third kappa shape index (κ3) is 4.98. The van der Waals surface area contributed by atoms with Gasteiger partial charge in [0.1, 0.15) is 12.4 Å². The quantitative estimate of drug-likeness (QED) is 0.209. The summed E-state index contributed by atoms with van der Waals surface area (Å²) in [6.45, 7) is 5.07. The number of carbonyl (C=O) groups excluding carboxylic acids is 1. The number of nitrogens with zero attached hydrogens (tertiary/aromatic N) is 2. The maximum atomic E-state index is 13.2. The van der Waals surface area contributed by atoms with Gasteiger partial charge in [-0.2, -0.15) is 0 Å². The molecule has 3 aromatic carbocycles. The highest BCUT2D eigenvalue weighted by Crippen LogP contribution is 2.38. The van der Waals surface area contributed by atoms with Gasteiger partial charge in [0.15, 0.2) is 0 Å². The third-order valence-electron chi connectivity index (χ3n) is 5.29. The van der Waals surface area contributed by atoms with E-state index in [1.807, 2.05) is 53.4 Å². The number of para-hydroxylation sites is 1. The van der Waals surface area contributed by atoms with Crippen LogP contribution in [0.2, 0.25) is 0 Å². The Morgan fingerprint density at radius 1 is 1.09 bits per heavy atom. The van der Waals surface area contributed by atoms with E-state index in [1.165, 1.54) is 12.1 Å². The van der Waals surface area contributed by atoms with Crippen molar-refractivity contribution in [1.82, 2.24) is 0 Å². The fraction of sp³-hybridized carbons (Fsp3) is 0.192. The number of hydrogen-bond donors (Lipinski definition) is 0. The fourth-order valence-electron chi connectivity index (χ4n) is 3.80. The summed E-state index contributed by atoms with van der Waals surface area (Å²) < 4.78 is 6.59. The van der Waals surface area contributed by atoms with Gasteiger partial charge in [0.05, 0.1) is 15.1 Å². The van der Waals surface area contributed by atoms with Crippen LogP contribution in [-0.4, -0.2) is 17.4 Å². The van der Waals surface area contributed by atoms with Crippen molar-refractivity contribution in [1.29, 1.82) is 0 Å². The van der Waals surface area contributed by atoms with Gasteiger partial charge in [0.25, 0.3) is 11.6 Å². The van der Waals surface area contributed by atoms with E-state index in [9.17, 15) is 14.9 Å². The highest BCUT2D eigenvalue weighted by molar-refractivity contribution is 9.10. The summed E-state index contributed by atoms with van der Waals surface area (Å²) in [5.41, 5.74) is 4.16. The number of benzene rings is 3. The second-order valence-electron chi connectivity index (χ2n) is 8.29. The van der Waals surface area contributed by atoms with Crippen molar-refractivity contribution in [3.05, 3.63) is 98.0 Å². The number of ether oxygens (including phenoxy) is 1. The van der Waals surface area contributed by atoms with Crippen LogP contribution < -0.4 is 9.64 Å². The molecular weight excluding hydrogens is 484 g/mol. The second-order valence-corrected chi connectivity index (χ2v) is 9.14. The molecule has 168 valence electrons. The predicted molar refractivity (Wildman–Crippen MR) is 133 cm³/mol. The monoisotopic (exact) mass is 506 g/mol. The largest absolute Gasteiger partial charge is 0.488 e. The molecule has 0 radical (unpaired) electrons. The summed E-state index contributed by atoms with van der Waals surface area (Å²) in [4.78, 5) is 25.5. The summed E-state index contributed by atoms with van der Waals surface area (Å²) in [5.74, 6) is 0.980. The van der Waals surface area contributed by atoms with E-state index in [1.54, 1.807) is 12.1 Å². The molecule has 6 nitrogen and oxygen atoms in total. The van der Waals surface area contributed by atoms with Crippen molar-refractivity contribution in [3.63, 3.8) is 0 Å². The minimum absolute atomic E-state index is 0.00650. The van der Waals surface area contributed by atoms with E-state index in [0.29, 0.717) is 29.3 Å². The molecule has 1 aliphatic rings. The maximum Gasteiger partial charge on any atom is 0.269 e. The van der Waals surface area contributed by atoms with Gasteiger partial charge in [-0.1, -0.05) is 50.2 Å². The van der Waals surface area contributed by atoms with Crippen LogP contribution in [0.15, 0.2) is 71.2 Å². The molecule has 7 heteroatoms. The van der Waals surface area contributed by atoms with Gasteiger partial charge in [-0.15, -0.1) is 0 Å². The van der Waals surface area contributed by atoms with E-state index in [0.717, 1.165) is 21.3 Å². The van der Waals surface area contributed by atoms with Crippen LogP contribution in [0.25, 0.3) is 11.6 Å². The lowest BCUT2D eigenvalue weighted by atomic mass is 10.0. The van der Waals surface area contributed by atoms with Crippen molar-refractivity contribution in [3.8, 4) is 5.75 Å². The molecule has 33 heavy (non-hydrogen) atoms. The highest BCUT2D eigenvalue weighted by Gasteiger charge is 2.32. The molecule has 0 saturated heterocycles. The van der Waals surface area contributed by atoms with Gasteiger partial charge in [-0.05, 0) is 57.2 Å². The molecule has 1 heterocycles. The zero-order valence-corrected chi connectivity index (χ0v) is 19.9. The molecule has 0 spiro atoms. The minimum atomic E-state index is -0.424. The summed E-state index contributed by atoms with van der Waals surface area (Å²) >= 11 is 3.54. The lowest BCUT2D eigenvalue weighted by Gasteiger charge is -2.19. The lowest BCUT2D eigenvalue weighted by Crippen LogP contribution is -2.30. The first kappa shape index (κ1) is 22.7. The molecular formula is C26H23BrN2O4. The number of nitro benzene ring substituents is 1. The summed E-state index contributed by atoms with van der Waals surface area (Å²) in [6.07, 6.45) is 1.90. The SMILES string of the molecule is CC(C)CN1C(=O)/C(=C\c2ccc(OCc3cccc([N+](=O)[O-])c3)c(Br)c2)c2ccccc21.